The first-order valence-electron chi connectivity index (χ1n) is 5.40. The van der Waals surface area contributed by atoms with Crippen molar-refractivity contribution in [3.05, 3.63) is 0 Å². The van der Waals surface area contributed by atoms with Gasteiger partial charge in [0.1, 0.15) is 0 Å². The van der Waals surface area contributed by atoms with Crippen LogP contribution in [-0.4, -0.2) is 37.6 Å². The van der Waals surface area contributed by atoms with Crippen LogP contribution in [0.25, 0.3) is 0 Å². The third kappa shape index (κ3) is 4.29. The third-order valence-corrected chi connectivity index (χ3v) is 2.26. The lowest BCUT2D eigenvalue weighted by Crippen LogP contribution is -2.53. The molecule has 0 aromatic rings. The van der Waals surface area contributed by atoms with Crippen LogP contribution >= 0.6 is 0 Å². The van der Waals surface area contributed by atoms with E-state index in [-0.39, 0.29) is 18.3 Å². The van der Waals surface area contributed by atoms with E-state index in [1.165, 1.54) is 0 Å². The number of hydrogen-bond acceptors (Lipinski definition) is 4. The molecular formula is C10H18N2O3. The van der Waals surface area contributed by atoms with Gasteiger partial charge in [0.15, 0.2) is 0 Å². The highest BCUT2D eigenvalue weighted by Crippen LogP contribution is 1.99. The molecule has 1 unspecified atom stereocenters. The molecule has 15 heavy (non-hydrogen) atoms. The van der Waals surface area contributed by atoms with Gasteiger partial charge >= 0.3 is 5.97 Å². The highest BCUT2D eigenvalue weighted by atomic mass is 16.5. The van der Waals surface area contributed by atoms with E-state index in [4.69, 9.17) is 4.74 Å². The lowest BCUT2D eigenvalue weighted by atomic mass is 10.1. The Kier molecular flexibility index (Phi) is 5.10. The number of rotatable bonds is 5. The van der Waals surface area contributed by atoms with Crippen molar-refractivity contribution in [2.75, 3.05) is 19.7 Å². The summed E-state index contributed by atoms with van der Waals surface area (Å²) in [6.45, 7) is 3.81. The maximum absolute atomic E-state index is 11.3. The molecule has 0 aromatic carbocycles. The van der Waals surface area contributed by atoms with Crippen LogP contribution in [-0.2, 0) is 14.3 Å². The highest BCUT2D eigenvalue weighted by molar-refractivity contribution is 5.87. The van der Waals surface area contributed by atoms with Crippen LogP contribution < -0.4 is 10.6 Å². The van der Waals surface area contributed by atoms with Crippen molar-refractivity contribution in [1.29, 1.82) is 0 Å². The van der Waals surface area contributed by atoms with E-state index in [9.17, 15) is 9.59 Å². The Morgan fingerprint density at radius 1 is 1.53 bits per heavy atom. The Labute approximate surface area is 89.6 Å². The zero-order chi connectivity index (χ0) is 11.1. The molecule has 0 bridgehead atoms. The minimum atomic E-state index is -0.423. The molecule has 0 saturated carbocycles. The second kappa shape index (κ2) is 6.40. The molecule has 0 aromatic heterocycles. The topological polar surface area (TPSA) is 67.4 Å². The van der Waals surface area contributed by atoms with Crippen LogP contribution in [0.1, 0.15) is 26.2 Å². The highest BCUT2D eigenvalue weighted by Gasteiger charge is 2.24. The van der Waals surface area contributed by atoms with E-state index in [2.05, 4.69) is 10.6 Å². The summed E-state index contributed by atoms with van der Waals surface area (Å²) in [4.78, 5) is 22.6. The largest absolute Gasteiger partial charge is 0.466 e. The van der Waals surface area contributed by atoms with Crippen molar-refractivity contribution < 1.29 is 14.3 Å². The van der Waals surface area contributed by atoms with E-state index < -0.39 is 6.04 Å². The summed E-state index contributed by atoms with van der Waals surface area (Å²) in [5.74, 6) is -0.424. The molecule has 5 heteroatoms. The molecule has 0 aliphatic carbocycles. The Balaban J connectivity index is 2.21. The molecule has 86 valence electrons. The fourth-order valence-corrected chi connectivity index (χ4v) is 1.37. The normalized spacial score (nSPS) is 20.9. The van der Waals surface area contributed by atoms with Gasteiger partial charge in [-0.15, -0.1) is 0 Å². The van der Waals surface area contributed by atoms with Gasteiger partial charge in [-0.2, -0.15) is 0 Å². The zero-order valence-electron chi connectivity index (χ0n) is 9.04. The Morgan fingerprint density at radius 2 is 2.33 bits per heavy atom. The minimum Gasteiger partial charge on any atom is -0.466 e. The first-order valence-corrected chi connectivity index (χ1v) is 5.40. The molecule has 5 nitrogen and oxygen atoms in total. The second-order valence-corrected chi connectivity index (χ2v) is 3.58. The minimum absolute atomic E-state index is 0.117. The number of unbranched alkanes of at least 4 members (excludes halogenated alkanes) is 1. The number of hydrogen-bond donors (Lipinski definition) is 2. The van der Waals surface area contributed by atoms with E-state index in [0.29, 0.717) is 19.7 Å². The molecule has 1 atom stereocenters. The maximum Gasteiger partial charge on any atom is 0.307 e. The fraction of sp³-hybridized carbons (Fsp3) is 0.800. The summed E-state index contributed by atoms with van der Waals surface area (Å²) < 4.78 is 4.97. The summed E-state index contributed by atoms with van der Waals surface area (Å²) >= 11 is 0. The van der Waals surface area contributed by atoms with Crippen molar-refractivity contribution >= 4 is 11.9 Å². The van der Waals surface area contributed by atoms with Crippen molar-refractivity contribution in [3.63, 3.8) is 0 Å². The molecule has 0 radical (unpaired) electrons. The molecule has 1 saturated heterocycles. The molecule has 1 rings (SSSR count). The number of amides is 1. The number of ether oxygens (including phenoxy) is 1. The predicted molar refractivity (Wildman–Crippen MR) is 55.3 cm³/mol. The van der Waals surface area contributed by atoms with Crippen LogP contribution in [0, 0.1) is 0 Å². The molecular weight excluding hydrogens is 196 g/mol. The van der Waals surface area contributed by atoms with Crippen molar-refractivity contribution in [2.45, 2.75) is 32.2 Å². The van der Waals surface area contributed by atoms with Crippen molar-refractivity contribution in [2.24, 2.45) is 0 Å². The predicted octanol–water partition coefficient (Wildman–Crippen LogP) is -0.192. The number of carbonyl (C=O) groups is 2. The molecule has 1 aliphatic heterocycles. The Hall–Kier alpha value is -1.10. The Bertz CT molecular complexity index is 231. The van der Waals surface area contributed by atoms with Crippen molar-refractivity contribution in [3.8, 4) is 0 Å². The molecule has 1 amide bonds. The van der Waals surface area contributed by atoms with Crippen LogP contribution in [0.5, 0.6) is 0 Å². The summed E-state index contributed by atoms with van der Waals surface area (Å²) in [5.41, 5.74) is 0. The second-order valence-electron chi connectivity index (χ2n) is 3.58. The fourth-order valence-electron chi connectivity index (χ4n) is 1.37. The zero-order valence-corrected chi connectivity index (χ0v) is 9.04. The van der Waals surface area contributed by atoms with Crippen LogP contribution in [0.4, 0.5) is 0 Å². The van der Waals surface area contributed by atoms with Gasteiger partial charge in [-0.3, -0.25) is 9.59 Å². The summed E-state index contributed by atoms with van der Waals surface area (Å²) in [6.07, 6.45) is 1.99. The summed E-state index contributed by atoms with van der Waals surface area (Å²) in [7, 11) is 0. The molecule has 0 spiro atoms. The monoisotopic (exact) mass is 214 g/mol. The summed E-state index contributed by atoms with van der Waals surface area (Å²) in [6, 6.07) is -0.423. The quantitative estimate of drug-likeness (QED) is 0.491. The average Bonchev–Trinajstić information content (AvgIpc) is 2.22. The van der Waals surface area contributed by atoms with Crippen LogP contribution in [0.3, 0.4) is 0 Å². The molecule has 2 N–H and O–H groups in total. The molecule has 1 aliphatic rings. The summed E-state index contributed by atoms with van der Waals surface area (Å²) in [5, 5.41) is 5.67. The third-order valence-electron chi connectivity index (χ3n) is 2.26. The van der Waals surface area contributed by atoms with Gasteiger partial charge in [-0.25, -0.2) is 0 Å². The van der Waals surface area contributed by atoms with Gasteiger partial charge in [0, 0.05) is 13.1 Å². The maximum atomic E-state index is 11.3. The van der Waals surface area contributed by atoms with E-state index in [0.717, 1.165) is 12.8 Å². The first kappa shape index (κ1) is 12.0. The lowest BCUT2D eigenvalue weighted by Gasteiger charge is -2.22. The number of nitrogens with one attached hydrogen (secondary N) is 2. The Morgan fingerprint density at radius 3 is 3.00 bits per heavy atom. The molecule has 1 fully saturated rings. The van der Waals surface area contributed by atoms with E-state index >= 15 is 0 Å². The van der Waals surface area contributed by atoms with Gasteiger partial charge in [0.05, 0.1) is 19.1 Å². The van der Waals surface area contributed by atoms with Crippen LogP contribution in [0.15, 0.2) is 0 Å². The van der Waals surface area contributed by atoms with Gasteiger partial charge in [-0.1, -0.05) is 13.3 Å². The standard InChI is InChI=1S/C10H18N2O3/c1-2-3-6-15-9(13)7-8-10(14)12-5-4-11-8/h8,11H,2-7H2,1H3,(H,12,14). The first-order chi connectivity index (χ1) is 7.24. The van der Waals surface area contributed by atoms with Crippen LogP contribution in [0.2, 0.25) is 0 Å². The van der Waals surface area contributed by atoms with Gasteiger partial charge in [0.25, 0.3) is 0 Å². The smallest absolute Gasteiger partial charge is 0.307 e. The average molecular weight is 214 g/mol. The van der Waals surface area contributed by atoms with Gasteiger partial charge < -0.3 is 15.4 Å². The van der Waals surface area contributed by atoms with Crippen molar-refractivity contribution in [1.82, 2.24) is 10.6 Å². The lowest BCUT2D eigenvalue weighted by molar-refractivity contribution is -0.146. The van der Waals surface area contributed by atoms with E-state index in [1.807, 2.05) is 6.92 Å². The number of carbonyl (C=O) groups excluding carboxylic acids is 2. The molecule has 1 heterocycles. The van der Waals surface area contributed by atoms with E-state index in [1.54, 1.807) is 0 Å². The van der Waals surface area contributed by atoms with Gasteiger partial charge in [-0.05, 0) is 6.42 Å². The number of esters is 1. The van der Waals surface area contributed by atoms with Gasteiger partial charge in [0.2, 0.25) is 5.91 Å². The SMILES string of the molecule is CCCCOC(=O)CC1NCCNC1=O. The number of piperazine rings is 1.